The SMILES string of the molecule is O=c1cc2c(nn1CC1CN(Cc3n[nH]c4c3CCCC4)C1)CCSC2. The van der Waals surface area contributed by atoms with Crippen molar-refractivity contribution in [3.63, 3.8) is 0 Å². The van der Waals surface area contributed by atoms with Gasteiger partial charge in [0.15, 0.2) is 0 Å². The quantitative estimate of drug-likeness (QED) is 0.887. The van der Waals surface area contributed by atoms with Crippen LogP contribution in [0.4, 0.5) is 0 Å². The number of nitrogens with one attached hydrogen (secondary N) is 1. The molecule has 1 aliphatic carbocycles. The Kier molecular flexibility index (Phi) is 4.36. The Hall–Kier alpha value is -1.60. The zero-order chi connectivity index (χ0) is 17.5. The number of aromatic amines is 1. The highest BCUT2D eigenvalue weighted by Crippen LogP contribution is 2.26. The third-order valence-electron chi connectivity index (χ3n) is 5.88. The summed E-state index contributed by atoms with van der Waals surface area (Å²) in [5, 5.41) is 12.4. The molecule has 1 fully saturated rings. The van der Waals surface area contributed by atoms with Gasteiger partial charge in [0.25, 0.3) is 5.56 Å². The fourth-order valence-corrected chi connectivity index (χ4v) is 5.39. The average molecular weight is 372 g/mol. The van der Waals surface area contributed by atoms with E-state index < -0.39 is 0 Å². The molecule has 0 aromatic carbocycles. The van der Waals surface area contributed by atoms with Gasteiger partial charge in [-0.15, -0.1) is 0 Å². The van der Waals surface area contributed by atoms with E-state index >= 15 is 0 Å². The lowest BCUT2D eigenvalue weighted by Crippen LogP contribution is -2.49. The summed E-state index contributed by atoms with van der Waals surface area (Å²) in [5.74, 6) is 2.57. The molecule has 2 aromatic rings. The molecule has 0 amide bonds. The van der Waals surface area contributed by atoms with Crippen LogP contribution in [0, 0.1) is 5.92 Å². The predicted octanol–water partition coefficient (Wildman–Crippen LogP) is 1.77. The number of H-pyrrole nitrogens is 1. The van der Waals surface area contributed by atoms with Gasteiger partial charge in [-0.1, -0.05) is 0 Å². The molecule has 0 atom stereocenters. The van der Waals surface area contributed by atoms with E-state index in [0.717, 1.165) is 61.8 Å². The zero-order valence-corrected chi connectivity index (χ0v) is 15.9. The van der Waals surface area contributed by atoms with Gasteiger partial charge in [-0.2, -0.15) is 22.0 Å². The number of fused-ring (bicyclic) bond motifs is 2. The summed E-state index contributed by atoms with van der Waals surface area (Å²) in [4.78, 5) is 14.8. The minimum Gasteiger partial charge on any atom is -0.297 e. The van der Waals surface area contributed by atoms with Crippen molar-refractivity contribution in [3.8, 4) is 0 Å². The van der Waals surface area contributed by atoms with Crippen molar-refractivity contribution in [3.05, 3.63) is 44.6 Å². The van der Waals surface area contributed by atoms with Crippen LogP contribution in [-0.2, 0) is 38.1 Å². The maximum atomic E-state index is 12.3. The fraction of sp³-hybridized carbons (Fsp3) is 0.632. The Bertz CT molecular complexity index is 867. The van der Waals surface area contributed by atoms with Gasteiger partial charge in [0.05, 0.1) is 17.9 Å². The van der Waals surface area contributed by atoms with Gasteiger partial charge < -0.3 is 0 Å². The fourth-order valence-electron chi connectivity index (χ4n) is 4.44. The van der Waals surface area contributed by atoms with Crippen LogP contribution in [0.2, 0.25) is 0 Å². The Balaban J connectivity index is 1.20. The molecule has 0 unspecified atom stereocenters. The molecule has 26 heavy (non-hydrogen) atoms. The van der Waals surface area contributed by atoms with E-state index in [9.17, 15) is 4.79 Å². The number of hydrogen-bond donors (Lipinski definition) is 1. The third-order valence-corrected chi connectivity index (χ3v) is 6.89. The molecule has 138 valence electrons. The number of nitrogens with zero attached hydrogens (tertiary/aromatic N) is 4. The van der Waals surface area contributed by atoms with Crippen LogP contribution in [0.3, 0.4) is 0 Å². The Morgan fingerprint density at radius 3 is 3.04 bits per heavy atom. The van der Waals surface area contributed by atoms with Gasteiger partial charge in [-0.05, 0) is 42.6 Å². The van der Waals surface area contributed by atoms with Gasteiger partial charge in [0.1, 0.15) is 0 Å². The smallest absolute Gasteiger partial charge is 0.267 e. The first kappa shape index (κ1) is 16.6. The van der Waals surface area contributed by atoms with Crippen LogP contribution >= 0.6 is 11.8 Å². The molecule has 5 rings (SSSR count). The molecule has 2 aliphatic heterocycles. The first-order chi connectivity index (χ1) is 12.8. The van der Waals surface area contributed by atoms with Crippen molar-refractivity contribution < 1.29 is 0 Å². The molecule has 0 radical (unpaired) electrons. The monoisotopic (exact) mass is 371 g/mol. The van der Waals surface area contributed by atoms with Crippen LogP contribution in [0.25, 0.3) is 0 Å². The van der Waals surface area contributed by atoms with Crippen LogP contribution in [0.15, 0.2) is 10.9 Å². The lowest BCUT2D eigenvalue weighted by Gasteiger charge is -2.39. The van der Waals surface area contributed by atoms with E-state index in [0.29, 0.717) is 5.92 Å². The van der Waals surface area contributed by atoms with E-state index in [2.05, 4.69) is 20.2 Å². The summed E-state index contributed by atoms with van der Waals surface area (Å²) in [5.41, 5.74) is 6.38. The maximum absolute atomic E-state index is 12.3. The van der Waals surface area contributed by atoms with Crippen molar-refractivity contribution in [1.29, 1.82) is 0 Å². The number of rotatable bonds is 4. The maximum Gasteiger partial charge on any atom is 0.267 e. The van der Waals surface area contributed by atoms with E-state index in [1.807, 2.05) is 11.8 Å². The van der Waals surface area contributed by atoms with Crippen molar-refractivity contribution in [2.45, 2.75) is 50.9 Å². The largest absolute Gasteiger partial charge is 0.297 e. The van der Waals surface area contributed by atoms with Crippen molar-refractivity contribution in [2.75, 3.05) is 18.8 Å². The van der Waals surface area contributed by atoms with Crippen molar-refractivity contribution >= 4 is 11.8 Å². The van der Waals surface area contributed by atoms with Gasteiger partial charge >= 0.3 is 0 Å². The second-order valence-corrected chi connectivity index (χ2v) is 8.94. The standard InChI is InChI=1S/C19H25N5OS/c25-19-7-14-12-26-6-5-16(14)22-24(19)10-13-8-23(9-13)11-18-15-3-1-2-4-17(15)20-21-18/h7,13H,1-6,8-12H2,(H,20,21). The summed E-state index contributed by atoms with van der Waals surface area (Å²) in [6.45, 7) is 3.74. The number of aromatic nitrogens is 4. The molecule has 0 spiro atoms. The molecule has 2 aromatic heterocycles. The number of likely N-dealkylation sites (tertiary alicyclic amines) is 1. The average Bonchev–Trinajstić information content (AvgIpc) is 3.03. The van der Waals surface area contributed by atoms with E-state index in [1.54, 1.807) is 10.7 Å². The van der Waals surface area contributed by atoms with Crippen molar-refractivity contribution in [1.82, 2.24) is 24.9 Å². The molecule has 1 N–H and O–H groups in total. The van der Waals surface area contributed by atoms with Crippen LogP contribution in [0.5, 0.6) is 0 Å². The Morgan fingerprint density at radius 2 is 2.12 bits per heavy atom. The second kappa shape index (κ2) is 6.85. The first-order valence-electron chi connectivity index (χ1n) is 9.71. The highest BCUT2D eigenvalue weighted by Gasteiger charge is 2.29. The topological polar surface area (TPSA) is 66.8 Å². The van der Waals surface area contributed by atoms with Crippen molar-refractivity contribution in [2.24, 2.45) is 5.92 Å². The molecule has 0 saturated carbocycles. The lowest BCUT2D eigenvalue weighted by molar-refractivity contribution is 0.0749. The van der Waals surface area contributed by atoms with E-state index in [4.69, 9.17) is 0 Å². The van der Waals surface area contributed by atoms with Gasteiger partial charge in [0, 0.05) is 49.5 Å². The molecule has 3 aliphatic rings. The molecule has 1 saturated heterocycles. The van der Waals surface area contributed by atoms with Gasteiger partial charge in [-0.3, -0.25) is 14.8 Å². The summed E-state index contributed by atoms with van der Waals surface area (Å²) < 4.78 is 1.70. The first-order valence-corrected chi connectivity index (χ1v) is 10.9. The molecule has 7 heteroatoms. The lowest BCUT2D eigenvalue weighted by atomic mass is 9.94. The van der Waals surface area contributed by atoms with E-state index in [1.165, 1.54) is 36.2 Å². The minimum atomic E-state index is 0.0612. The molecule has 0 bridgehead atoms. The predicted molar refractivity (Wildman–Crippen MR) is 102 cm³/mol. The second-order valence-electron chi connectivity index (χ2n) is 7.83. The molecule has 4 heterocycles. The molecular weight excluding hydrogens is 346 g/mol. The van der Waals surface area contributed by atoms with Gasteiger partial charge in [0.2, 0.25) is 0 Å². The van der Waals surface area contributed by atoms with Crippen LogP contribution in [0.1, 0.15) is 41.1 Å². The summed E-state index contributed by atoms with van der Waals surface area (Å²) in [7, 11) is 0. The van der Waals surface area contributed by atoms with Crippen LogP contribution < -0.4 is 5.56 Å². The molecular formula is C19H25N5OS. The summed E-state index contributed by atoms with van der Waals surface area (Å²) in [6.07, 6.45) is 5.87. The zero-order valence-electron chi connectivity index (χ0n) is 15.0. The normalized spacial score (nSPS) is 20.5. The van der Waals surface area contributed by atoms with Gasteiger partial charge in [-0.25, -0.2) is 4.68 Å². The van der Waals surface area contributed by atoms with Crippen LogP contribution in [-0.4, -0.2) is 43.7 Å². The third kappa shape index (κ3) is 3.11. The summed E-state index contributed by atoms with van der Waals surface area (Å²) in [6, 6.07) is 1.81. The minimum absolute atomic E-state index is 0.0612. The van der Waals surface area contributed by atoms with E-state index in [-0.39, 0.29) is 5.56 Å². The molecule has 6 nitrogen and oxygen atoms in total. The Morgan fingerprint density at radius 1 is 1.23 bits per heavy atom. The highest BCUT2D eigenvalue weighted by atomic mass is 32.2. The number of hydrogen-bond acceptors (Lipinski definition) is 5. The number of aryl methyl sites for hydroxylation is 2. The number of thioether (sulfide) groups is 1. The highest BCUT2D eigenvalue weighted by molar-refractivity contribution is 7.98. The summed E-state index contributed by atoms with van der Waals surface area (Å²) >= 11 is 1.89. The Labute approximate surface area is 157 Å².